The molecule has 2 aromatic carbocycles. The average Bonchev–Trinajstić information content (AvgIpc) is 2.93. The number of urea groups is 1. The third-order valence-electron chi connectivity index (χ3n) is 7.32. The molecule has 0 saturated heterocycles. The van der Waals surface area contributed by atoms with E-state index in [1.807, 2.05) is 102 Å². The molecule has 9 nitrogen and oxygen atoms in total. The number of aliphatic hydroxyl groups excluding tert-OH is 1. The Hall–Kier alpha value is -3.53. The van der Waals surface area contributed by atoms with Crippen molar-refractivity contribution in [3.05, 3.63) is 78.0 Å². The van der Waals surface area contributed by atoms with Crippen LogP contribution >= 0.6 is 0 Å². The summed E-state index contributed by atoms with van der Waals surface area (Å²) in [7, 11) is 0. The van der Waals surface area contributed by atoms with Gasteiger partial charge in [-0.1, -0.05) is 75.4 Å². The molecule has 0 fully saturated rings. The Morgan fingerprint density at radius 1 is 0.952 bits per heavy atom. The molecule has 42 heavy (non-hydrogen) atoms. The average molecular weight is 577 g/mol. The number of amides is 3. The molecule has 0 aliphatic carbocycles. The summed E-state index contributed by atoms with van der Waals surface area (Å²) in [5.74, 6) is -0.924. The first-order valence-corrected chi connectivity index (χ1v) is 14.7. The van der Waals surface area contributed by atoms with Crippen LogP contribution in [0.15, 0.2) is 66.7 Å². The van der Waals surface area contributed by atoms with E-state index in [0.717, 1.165) is 10.9 Å². The highest BCUT2D eigenvalue weighted by Gasteiger charge is 2.43. The number of hydrogen-bond donors (Lipinski definition) is 5. The molecule has 0 radical (unpaired) electrons. The third-order valence-corrected chi connectivity index (χ3v) is 7.32. The molecule has 7 N–H and O–H groups in total. The summed E-state index contributed by atoms with van der Waals surface area (Å²) in [6, 6.07) is 19.8. The van der Waals surface area contributed by atoms with Gasteiger partial charge in [-0.15, -0.1) is 0 Å². The van der Waals surface area contributed by atoms with Gasteiger partial charge in [0.1, 0.15) is 5.69 Å². The predicted molar refractivity (Wildman–Crippen MR) is 169 cm³/mol. The summed E-state index contributed by atoms with van der Waals surface area (Å²) in [4.78, 5) is 32.7. The number of nitrogens with two attached hydrogens (primary N) is 2. The number of rotatable bonds is 12. The smallest absolute Gasteiger partial charge is 0.317 e. The van der Waals surface area contributed by atoms with Crippen LogP contribution in [0.25, 0.3) is 10.9 Å². The van der Waals surface area contributed by atoms with Gasteiger partial charge in [0.05, 0.1) is 23.3 Å². The minimum atomic E-state index is -1.53. The van der Waals surface area contributed by atoms with Gasteiger partial charge in [0, 0.05) is 29.9 Å². The molecule has 3 amide bonds. The van der Waals surface area contributed by atoms with Crippen LogP contribution < -0.4 is 22.1 Å². The van der Waals surface area contributed by atoms with Crippen molar-refractivity contribution in [2.24, 2.45) is 23.3 Å². The number of benzene rings is 2. The van der Waals surface area contributed by atoms with Crippen molar-refractivity contribution in [2.45, 2.75) is 77.7 Å². The van der Waals surface area contributed by atoms with Crippen LogP contribution in [0.4, 0.5) is 4.79 Å². The minimum absolute atomic E-state index is 0.0321. The molecule has 1 heterocycles. The van der Waals surface area contributed by atoms with E-state index in [1.54, 1.807) is 11.0 Å². The van der Waals surface area contributed by atoms with E-state index in [0.29, 0.717) is 24.9 Å². The van der Waals surface area contributed by atoms with Crippen LogP contribution in [0.5, 0.6) is 0 Å². The lowest BCUT2D eigenvalue weighted by Gasteiger charge is -2.44. The fourth-order valence-electron chi connectivity index (χ4n) is 5.21. The molecule has 0 bridgehead atoms. The van der Waals surface area contributed by atoms with Crippen molar-refractivity contribution < 1.29 is 14.7 Å². The lowest BCUT2D eigenvalue weighted by molar-refractivity contribution is 0.0207. The summed E-state index contributed by atoms with van der Waals surface area (Å²) in [6.45, 7) is 12.1. The molecule has 3 aromatic rings. The lowest BCUT2D eigenvalue weighted by atomic mass is 9.78. The fourth-order valence-corrected chi connectivity index (χ4v) is 5.21. The van der Waals surface area contributed by atoms with Crippen LogP contribution in [0.3, 0.4) is 0 Å². The molecule has 0 saturated carbocycles. The number of fused-ring (bicyclic) bond motifs is 1. The second-order valence-electron chi connectivity index (χ2n) is 12.7. The van der Waals surface area contributed by atoms with E-state index in [2.05, 4.69) is 15.6 Å². The number of carbonyl (C=O) groups is 2. The van der Waals surface area contributed by atoms with Crippen LogP contribution in [0, 0.1) is 11.8 Å². The Morgan fingerprint density at radius 3 is 2.21 bits per heavy atom. The Balaban J connectivity index is 1.90. The third kappa shape index (κ3) is 8.98. The van der Waals surface area contributed by atoms with Crippen molar-refractivity contribution in [2.75, 3.05) is 13.1 Å². The van der Waals surface area contributed by atoms with Gasteiger partial charge in [-0.05, 0) is 57.2 Å². The molecule has 3 atom stereocenters. The predicted octanol–water partition coefficient (Wildman–Crippen LogP) is 4.04. The van der Waals surface area contributed by atoms with E-state index in [9.17, 15) is 14.7 Å². The summed E-state index contributed by atoms with van der Waals surface area (Å²) >= 11 is 0. The summed E-state index contributed by atoms with van der Waals surface area (Å²) in [5.41, 5.74) is 13.7. The number of nitrogens with zero attached hydrogens (tertiary/aromatic N) is 2. The van der Waals surface area contributed by atoms with Crippen molar-refractivity contribution >= 4 is 22.8 Å². The Kier molecular flexibility index (Phi) is 11.1. The standard InChI is InChI=1S/C33H48N6O3/c1-7-29(37-30(41)27-18-17-24-15-11-12-16-26(24)36-27)33(34,35)25(19-23-13-9-8-10-14-23)28(40)21-39(20-22(2)3)31(42)38-32(4,5)6/h8-18,22,25,28-29,40H,7,19-21,34-35H2,1-6H3,(H,37,41)(H,38,42). The molecule has 9 heteroatoms. The van der Waals surface area contributed by atoms with Gasteiger partial charge in [0.15, 0.2) is 0 Å². The number of nitrogens with one attached hydrogen (secondary N) is 2. The van der Waals surface area contributed by atoms with Crippen molar-refractivity contribution in [1.82, 2.24) is 20.5 Å². The van der Waals surface area contributed by atoms with Gasteiger partial charge in [-0.2, -0.15) is 0 Å². The van der Waals surface area contributed by atoms with Crippen molar-refractivity contribution in [3.63, 3.8) is 0 Å². The monoisotopic (exact) mass is 576 g/mol. The second-order valence-corrected chi connectivity index (χ2v) is 12.7. The zero-order valence-electron chi connectivity index (χ0n) is 25.8. The molecule has 1 aromatic heterocycles. The van der Waals surface area contributed by atoms with E-state index in [-0.39, 0.29) is 24.2 Å². The fraction of sp³-hybridized carbons (Fsp3) is 0.485. The van der Waals surface area contributed by atoms with E-state index in [4.69, 9.17) is 11.5 Å². The lowest BCUT2D eigenvalue weighted by Crippen LogP contribution is -2.71. The maximum absolute atomic E-state index is 13.4. The van der Waals surface area contributed by atoms with Crippen molar-refractivity contribution in [1.29, 1.82) is 0 Å². The minimum Gasteiger partial charge on any atom is -0.391 e. The van der Waals surface area contributed by atoms with Gasteiger partial charge in [0.25, 0.3) is 5.91 Å². The molecule has 3 rings (SSSR count). The molecule has 0 aliphatic heterocycles. The molecule has 0 spiro atoms. The van der Waals surface area contributed by atoms with Crippen LogP contribution in [-0.4, -0.2) is 63.4 Å². The molecular formula is C33H48N6O3. The Morgan fingerprint density at radius 2 is 1.60 bits per heavy atom. The largest absolute Gasteiger partial charge is 0.391 e. The molecule has 0 aliphatic rings. The number of aromatic nitrogens is 1. The van der Waals surface area contributed by atoms with Crippen LogP contribution in [0.1, 0.15) is 64.0 Å². The highest BCUT2D eigenvalue weighted by atomic mass is 16.3. The van der Waals surface area contributed by atoms with E-state index >= 15 is 0 Å². The zero-order chi connectivity index (χ0) is 31.1. The summed E-state index contributed by atoms with van der Waals surface area (Å²) < 4.78 is 0. The first-order valence-electron chi connectivity index (χ1n) is 14.7. The first-order chi connectivity index (χ1) is 19.7. The first kappa shape index (κ1) is 33.0. The number of aliphatic hydroxyl groups is 1. The maximum Gasteiger partial charge on any atom is 0.317 e. The Bertz CT molecular complexity index is 1320. The quantitative estimate of drug-likeness (QED) is 0.206. The van der Waals surface area contributed by atoms with Crippen LogP contribution in [-0.2, 0) is 6.42 Å². The number of hydrogen-bond acceptors (Lipinski definition) is 6. The second kappa shape index (κ2) is 14.1. The number of para-hydroxylation sites is 1. The van der Waals surface area contributed by atoms with Gasteiger partial charge in [0.2, 0.25) is 0 Å². The van der Waals surface area contributed by atoms with Crippen LogP contribution in [0.2, 0.25) is 0 Å². The topological polar surface area (TPSA) is 147 Å². The molecule has 228 valence electrons. The SMILES string of the molecule is CCC(NC(=O)c1ccc2ccccc2n1)C(N)(N)C(Cc1ccccc1)C(O)CN(CC(C)C)C(=O)NC(C)(C)C. The summed E-state index contributed by atoms with van der Waals surface area (Å²) in [5, 5.41) is 18.7. The number of carbonyl (C=O) groups excluding carboxylic acids is 2. The highest BCUT2D eigenvalue weighted by Crippen LogP contribution is 2.26. The van der Waals surface area contributed by atoms with E-state index < -0.39 is 35.2 Å². The van der Waals surface area contributed by atoms with Gasteiger partial charge in [-0.25, -0.2) is 9.78 Å². The van der Waals surface area contributed by atoms with Gasteiger partial charge >= 0.3 is 6.03 Å². The highest BCUT2D eigenvalue weighted by molar-refractivity contribution is 5.95. The molecule has 3 unspecified atom stereocenters. The molecular weight excluding hydrogens is 528 g/mol. The van der Waals surface area contributed by atoms with Gasteiger partial charge < -0.3 is 32.1 Å². The van der Waals surface area contributed by atoms with Gasteiger partial charge in [-0.3, -0.25) is 4.79 Å². The Labute approximate surface area is 250 Å². The van der Waals surface area contributed by atoms with Crippen molar-refractivity contribution in [3.8, 4) is 0 Å². The number of pyridine rings is 1. The van der Waals surface area contributed by atoms with E-state index in [1.165, 1.54) is 0 Å². The summed E-state index contributed by atoms with van der Waals surface area (Å²) in [6.07, 6.45) is -0.300. The maximum atomic E-state index is 13.4. The zero-order valence-corrected chi connectivity index (χ0v) is 25.8. The normalized spacial score (nSPS) is 14.3.